The maximum absolute atomic E-state index is 6.15. The minimum atomic E-state index is -0.642. The van der Waals surface area contributed by atoms with E-state index < -0.39 is 5.54 Å². The van der Waals surface area contributed by atoms with Gasteiger partial charge in [-0.15, -0.1) is 0 Å². The van der Waals surface area contributed by atoms with Crippen LogP contribution < -0.4 is 0 Å². The number of aromatic nitrogens is 3. The summed E-state index contributed by atoms with van der Waals surface area (Å²) in [5.74, 6) is 0. The summed E-state index contributed by atoms with van der Waals surface area (Å²) in [5.41, 5.74) is 4.30. The highest BCUT2D eigenvalue weighted by molar-refractivity contribution is 6.29. The van der Waals surface area contributed by atoms with Gasteiger partial charge in [0.1, 0.15) is 21.7 Å². The first kappa shape index (κ1) is 17.7. The average Bonchev–Trinajstić information content (AvgIpc) is 3.20. The van der Waals surface area contributed by atoms with E-state index in [4.69, 9.17) is 16.7 Å². The molecule has 0 aliphatic carbocycles. The van der Waals surface area contributed by atoms with Crippen molar-refractivity contribution in [3.8, 4) is 0 Å². The quantitative estimate of drug-likeness (QED) is 0.279. The van der Waals surface area contributed by atoms with Crippen molar-refractivity contribution in [1.29, 1.82) is 0 Å². The zero-order valence-electron chi connectivity index (χ0n) is 15.6. The van der Waals surface area contributed by atoms with Crippen molar-refractivity contribution in [3.05, 3.63) is 131 Å². The molecule has 0 unspecified atom stereocenters. The Morgan fingerprint density at radius 3 is 1.55 bits per heavy atom. The Morgan fingerprint density at radius 1 is 0.586 bits per heavy atom. The lowest BCUT2D eigenvalue weighted by Crippen LogP contribution is -2.38. The summed E-state index contributed by atoms with van der Waals surface area (Å²) in [6.45, 7) is 0. The number of fused-ring (bicyclic) bond motifs is 1. The fraction of sp³-hybridized carbons (Fsp3) is 0.0400. The molecule has 3 aromatic carbocycles. The van der Waals surface area contributed by atoms with Crippen molar-refractivity contribution >= 4 is 22.6 Å². The molecule has 0 amide bonds. The molecular weight excluding hydrogens is 378 g/mol. The van der Waals surface area contributed by atoms with Crippen molar-refractivity contribution < 1.29 is 0 Å². The summed E-state index contributed by atoms with van der Waals surface area (Å²) in [6, 6.07) is 35.0. The topological polar surface area (TPSA) is 30.7 Å². The highest BCUT2D eigenvalue weighted by Crippen LogP contribution is 2.40. The van der Waals surface area contributed by atoms with Crippen LogP contribution in [0, 0.1) is 0 Å². The predicted molar refractivity (Wildman–Crippen MR) is 117 cm³/mol. The lowest BCUT2D eigenvalue weighted by molar-refractivity contribution is 0.464. The Hall–Kier alpha value is -3.43. The van der Waals surface area contributed by atoms with Gasteiger partial charge in [0.05, 0.1) is 6.20 Å². The van der Waals surface area contributed by atoms with Gasteiger partial charge in [0.15, 0.2) is 0 Å². The van der Waals surface area contributed by atoms with Gasteiger partial charge in [0.2, 0.25) is 0 Å². The van der Waals surface area contributed by atoms with E-state index in [0.29, 0.717) is 5.15 Å². The zero-order valence-corrected chi connectivity index (χ0v) is 16.4. The van der Waals surface area contributed by atoms with E-state index in [-0.39, 0.29) is 0 Å². The molecule has 140 valence electrons. The molecule has 0 bridgehead atoms. The van der Waals surface area contributed by atoms with E-state index in [9.17, 15) is 0 Å². The molecule has 0 N–H and O–H groups in total. The Morgan fingerprint density at radius 2 is 1.07 bits per heavy atom. The first-order chi connectivity index (χ1) is 14.3. The number of nitrogens with zero attached hydrogens (tertiary/aromatic N) is 3. The third-order valence-electron chi connectivity index (χ3n) is 5.25. The molecule has 0 aliphatic heterocycles. The third-order valence-corrected chi connectivity index (χ3v) is 5.46. The van der Waals surface area contributed by atoms with Crippen molar-refractivity contribution in [2.75, 3.05) is 0 Å². The summed E-state index contributed by atoms with van der Waals surface area (Å²) >= 11 is 6.15. The van der Waals surface area contributed by atoms with Crippen molar-refractivity contribution in [3.63, 3.8) is 0 Å². The zero-order chi connectivity index (χ0) is 19.7. The van der Waals surface area contributed by atoms with Gasteiger partial charge in [0.25, 0.3) is 0 Å². The third kappa shape index (κ3) is 2.91. The second-order valence-electron chi connectivity index (χ2n) is 6.92. The molecule has 2 heterocycles. The molecule has 3 nitrogen and oxygen atoms in total. The fourth-order valence-electron chi connectivity index (χ4n) is 3.99. The second kappa shape index (κ2) is 7.19. The van der Waals surface area contributed by atoms with Gasteiger partial charge in [-0.1, -0.05) is 103 Å². The summed E-state index contributed by atoms with van der Waals surface area (Å²) < 4.78 is 2.01. The average molecular weight is 396 g/mol. The number of pyridine rings is 1. The first-order valence-corrected chi connectivity index (χ1v) is 9.85. The molecule has 4 heteroatoms. The van der Waals surface area contributed by atoms with E-state index in [2.05, 4.69) is 77.8 Å². The lowest BCUT2D eigenvalue weighted by Gasteiger charge is -2.36. The monoisotopic (exact) mass is 395 g/mol. The Balaban J connectivity index is 1.92. The van der Waals surface area contributed by atoms with Gasteiger partial charge in [-0.05, 0) is 28.8 Å². The van der Waals surface area contributed by atoms with Gasteiger partial charge in [-0.25, -0.2) is 4.98 Å². The molecule has 2 aromatic heterocycles. The molecule has 0 saturated heterocycles. The van der Waals surface area contributed by atoms with Crippen LogP contribution in [0.3, 0.4) is 0 Å². The highest BCUT2D eigenvalue weighted by Gasteiger charge is 2.39. The SMILES string of the molecule is Clc1ccc2nn(C(c3ccccc3)(c3ccccc3)c3ccccc3)cc2n1. The summed E-state index contributed by atoms with van der Waals surface area (Å²) in [6.07, 6.45) is 1.98. The Labute approximate surface area is 174 Å². The van der Waals surface area contributed by atoms with Crippen LogP contribution in [0.2, 0.25) is 5.15 Å². The van der Waals surface area contributed by atoms with Crippen LogP contribution in [0.5, 0.6) is 0 Å². The molecule has 5 aromatic rings. The fourth-order valence-corrected chi connectivity index (χ4v) is 4.14. The minimum absolute atomic E-state index is 0.460. The maximum atomic E-state index is 6.15. The number of hydrogen-bond donors (Lipinski definition) is 0. The Bertz CT molecular complexity index is 1150. The number of benzene rings is 3. The van der Waals surface area contributed by atoms with Crippen LogP contribution >= 0.6 is 11.6 Å². The summed E-state index contributed by atoms with van der Waals surface area (Å²) in [4.78, 5) is 4.47. The molecule has 5 rings (SSSR count). The van der Waals surface area contributed by atoms with E-state index in [1.54, 1.807) is 6.07 Å². The van der Waals surface area contributed by atoms with Gasteiger partial charge < -0.3 is 0 Å². The molecule has 0 radical (unpaired) electrons. The van der Waals surface area contributed by atoms with Crippen LogP contribution in [0.4, 0.5) is 0 Å². The van der Waals surface area contributed by atoms with E-state index in [1.807, 2.05) is 35.1 Å². The summed E-state index contributed by atoms with van der Waals surface area (Å²) in [5, 5.41) is 5.41. The van der Waals surface area contributed by atoms with E-state index in [0.717, 1.165) is 27.7 Å². The van der Waals surface area contributed by atoms with E-state index in [1.165, 1.54) is 0 Å². The molecule has 0 atom stereocenters. The maximum Gasteiger partial charge on any atom is 0.138 e. The normalized spacial score (nSPS) is 11.6. The molecule has 0 aliphatic rings. The number of halogens is 1. The Kier molecular flexibility index (Phi) is 4.38. The smallest absolute Gasteiger partial charge is 0.138 e. The second-order valence-corrected chi connectivity index (χ2v) is 7.31. The van der Waals surface area contributed by atoms with Crippen LogP contribution in [0.15, 0.2) is 109 Å². The molecule has 29 heavy (non-hydrogen) atoms. The molecule has 0 fully saturated rings. The summed E-state index contributed by atoms with van der Waals surface area (Å²) in [7, 11) is 0. The van der Waals surface area contributed by atoms with Crippen molar-refractivity contribution in [2.24, 2.45) is 0 Å². The number of rotatable bonds is 4. The van der Waals surface area contributed by atoms with Crippen LogP contribution in [-0.4, -0.2) is 14.8 Å². The standard InChI is InChI=1S/C25H18ClN3/c26-24-17-16-22-23(27-24)18-29(28-22)25(19-10-4-1-5-11-19,20-12-6-2-7-13-20)21-14-8-3-9-15-21/h1-18H. The van der Waals surface area contributed by atoms with Gasteiger partial charge in [-0.2, -0.15) is 5.10 Å². The van der Waals surface area contributed by atoms with Gasteiger partial charge in [0, 0.05) is 0 Å². The lowest BCUT2D eigenvalue weighted by atomic mass is 9.77. The van der Waals surface area contributed by atoms with Gasteiger partial charge in [-0.3, -0.25) is 4.68 Å². The molecular formula is C25H18ClN3. The highest BCUT2D eigenvalue weighted by atomic mass is 35.5. The van der Waals surface area contributed by atoms with E-state index >= 15 is 0 Å². The molecule has 0 spiro atoms. The van der Waals surface area contributed by atoms with Crippen LogP contribution in [-0.2, 0) is 5.54 Å². The number of hydrogen-bond acceptors (Lipinski definition) is 2. The van der Waals surface area contributed by atoms with Gasteiger partial charge >= 0.3 is 0 Å². The van der Waals surface area contributed by atoms with Crippen molar-refractivity contribution in [2.45, 2.75) is 5.54 Å². The molecule has 0 saturated carbocycles. The first-order valence-electron chi connectivity index (χ1n) is 9.47. The minimum Gasteiger partial charge on any atom is -0.250 e. The van der Waals surface area contributed by atoms with Crippen LogP contribution in [0.1, 0.15) is 16.7 Å². The predicted octanol–water partition coefficient (Wildman–Crippen LogP) is 5.92. The van der Waals surface area contributed by atoms with Crippen molar-refractivity contribution in [1.82, 2.24) is 14.8 Å². The largest absolute Gasteiger partial charge is 0.250 e. The van der Waals surface area contributed by atoms with Crippen LogP contribution in [0.25, 0.3) is 11.0 Å².